The fraction of sp³-hybridized carbons (Fsp3) is 0.167. The number of hydrogen-bond acceptors (Lipinski definition) is 2. The normalized spacial score (nSPS) is 15.7. The number of pyridine rings is 1. The molecule has 1 aromatic heterocycles. The van der Waals surface area contributed by atoms with E-state index in [1.165, 1.54) is 23.4 Å². The minimum absolute atomic E-state index is 0. The van der Waals surface area contributed by atoms with E-state index >= 15 is 0 Å². The average molecular weight is 729 g/mol. The SMILES string of the molecule is FC(F)(F)c1[c-]c(-c2cc(-c3ccccc3)ccn2)ccc1C(F)(F)F.[Ir+3].[c-]1cccc2c1C1[N-]C=CN1CC2. The van der Waals surface area contributed by atoms with Crippen LogP contribution in [0.1, 0.15) is 28.4 Å². The van der Waals surface area contributed by atoms with Crippen LogP contribution < -0.4 is 0 Å². The molecule has 10 heteroatoms. The van der Waals surface area contributed by atoms with Crippen molar-refractivity contribution in [3.8, 4) is 22.4 Å². The summed E-state index contributed by atoms with van der Waals surface area (Å²) in [6.45, 7) is 1.08. The van der Waals surface area contributed by atoms with E-state index in [0.29, 0.717) is 11.6 Å². The largest absolute Gasteiger partial charge is 3.00 e. The molecule has 3 nitrogen and oxygen atoms in total. The molecule has 3 heterocycles. The molecular weight excluding hydrogens is 709 g/mol. The van der Waals surface area contributed by atoms with E-state index < -0.39 is 23.5 Å². The van der Waals surface area contributed by atoms with Gasteiger partial charge in [-0.15, -0.1) is 23.8 Å². The van der Waals surface area contributed by atoms with E-state index in [1.807, 2.05) is 24.4 Å². The number of halogens is 6. The molecule has 0 aliphatic carbocycles. The maximum Gasteiger partial charge on any atom is 3.00 e. The Labute approximate surface area is 240 Å². The van der Waals surface area contributed by atoms with Crippen molar-refractivity contribution in [2.75, 3.05) is 6.54 Å². The van der Waals surface area contributed by atoms with Crippen LogP contribution in [0.5, 0.6) is 0 Å². The third-order valence-corrected chi connectivity index (χ3v) is 6.35. The van der Waals surface area contributed by atoms with E-state index in [1.54, 1.807) is 30.3 Å². The molecule has 2 aliphatic rings. The Balaban J connectivity index is 0.000000220. The van der Waals surface area contributed by atoms with Gasteiger partial charge < -0.3 is 15.2 Å². The van der Waals surface area contributed by atoms with Crippen molar-refractivity contribution in [1.29, 1.82) is 0 Å². The van der Waals surface area contributed by atoms with E-state index in [0.717, 1.165) is 24.6 Å². The minimum Gasteiger partial charge on any atom is -0.668 e. The van der Waals surface area contributed by atoms with Crippen LogP contribution in [0.15, 0.2) is 91.4 Å². The van der Waals surface area contributed by atoms with Gasteiger partial charge in [0, 0.05) is 12.7 Å². The van der Waals surface area contributed by atoms with Crippen LogP contribution in [-0.4, -0.2) is 16.4 Å². The van der Waals surface area contributed by atoms with Gasteiger partial charge in [0.05, 0.1) is 0 Å². The first kappa shape index (κ1) is 29.4. The molecule has 0 saturated heterocycles. The topological polar surface area (TPSA) is 30.2 Å². The molecule has 0 bridgehead atoms. The number of rotatable bonds is 2. The average Bonchev–Trinajstić information content (AvgIpc) is 3.42. The van der Waals surface area contributed by atoms with E-state index in [-0.39, 0.29) is 37.5 Å². The standard InChI is InChI=1S/C19H10F6N.C11H10N2.Ir/c20-18(21,22)15-7-6-14(10-16(15)19(23,24)25)17-11-13(8-9-26-17)12-4-2-1-3-5-12;1-2-4-10-9(3-1)5-7-13-8-6-12-11(10)13;/h1-9,11H;1-3,6,8,11H,5,7H2;/q-1;-2;+3. The molecule has 2 aliphatic heterocycles. The molecule has 0 saturated carbocycles. The van der Waals surface area contributed by atoms with Crippen molar-refractivity contribution in [1.82, 2.24) is 9.88 Å². The maximum absolute atomic E-state index is 13.1. The van der Waals surface area contributed by atoms with Crippen molar-refractivity contribution in [2.24, 2.45) is 0 Å². The van der Waals surface area contributed by atoms with Crippen molar-refractivity contribution < 1.29 is 46.4 Å². The van der Waals surface area contributed by atoms with Gasteiger partial charge in [0.1, 0.15) is 0 Å². The Morgan fingerprint density at radius 2 is 1.65 bits per heavy atom. The first-order chi connectivity index (χ1) is 18.6. The van der Waals surface area contributed by atoms with Gasteiger partial charge in [-0.1, -0.05) is 42.8 Å². The number of hydrogen-bond donors (Lipinski definition) is 0. The minimum atomic E-state index is -5.18. The number of fused-ring (bicyclic) bond motifs is 3. The molecular formula is C30H20F6IrN3. The number of benzene rings is 3. The summed E-state index contributed by atoms with van der Waals surface area (Å²) >= 11 is 0. The molecule has 1 atom stereocenters. The van der Waals surface area contributed by atoms with Crippen molar-refractivity contribution >= 4 is 0 Å². The van der Waals surface area contributed by atoms with Crippen LogP contribution >= 0.6 is 0 Å². The Morgan fingerprint density at radius 1 is 0.875 bits per heavy atom. The smallest absolute Gasteiger partial charge is 0.668 e. The quantitative estimate of drug-likeness (QED) is 0.153. The van der Waals surface area contributed by atoms with Gasteiger partial charge >= 0.3 is 32.5 Å². The molecule has 0 spiro atoms. The van der Waals surface area contributed by atoms with Gasteiger partial charge in [-0.3, -0.25) is 0 Å². The molecule has 0 amide bonds. The summed E-state index contributed by atoms with van der Waals surface area (Å²) in [5, 5.41) is 4.41. The Hall–Kier alpha value is -3.62. The van der Waals surface area contributed by atoms with Gasteiger partial charge in [0.2, 0.25) is 0 Å². The second kappa shape index (κ2) is 11.9. The van der Waals surface area contributed by atoms with Crippen LogP contribution in [0, 0.1) is 12.1 Å². The third-order valence-electron chi connectivity index (χ3n) is 6.35. The van der Waals surface area contributed by atoms with Crippen molar-refractivity contribution in [3.05, 3.63) is 131 Å². The molecule has 3 aromatic carbocycles. The molecule has 40 heavy (non-hydrogen) atoms. The first-order valence-electron chi connectivity index (χ1n) is 12.0. The number of aromatic nitrogens is 1. The van der Waals surface area contributed by atoms with Crippen molar-refractivity contribution in [2.45, 2.75) is 24.9 Å². The molecule has 0 N–H and O–H groups in total. The summed E-state index contributed by atoms with van der Waals surface area (Å²) in [6, 6.07) is 24.8. The fourth-order valence-corrected chi connectivity index (χ4v) is 4.49. The van der Waals surface area contributed by atoms with Crippen LogP contribution in [0.3, 0.4) is 0 Å². The zero-order chi connectivity index (χ0) is 27.6. The van der Waals surface area contributed by atoms with Gasteiger partial charge in [0.25, 0.3) is 0 Å². The van der Waals surface area contributed by atoms with Gasteiger partial charge in [-0.05, 0) is 46.4 Å². The summed E-state index contributed by atoms with van der Waals surface area (Å²) in [6.07, 6.45) is -3.64. The van der Waals surface area contributed by atoms with Crippen LogP contribution in [0.2, 0.25) is 0 Å². The zero-order valence-electron chi connectivity index (χ0n) is 20.6. The van der Waals surface area contributed by atoms with Gasteiger partial charge in [-0.2, -0.15) is 67.9 Å². The Kier molecular flexibility index (Phi) is 8.71. The number of alkyl halides is 6. The maximum atomic E-state index is 13.1. The summed E-state index contributed by atoms with van der Waals surface area (Å²) in [5.74, 6) is 0. The molecule has 0 fully saturated rings. The van der Waals surface area contributed by atoms with Gasteiger partial charge in [-0.25, -0.2) is 0 Å². The number of nitrogens with zero attached hydrogens (tertiary/aromatic N) is 3. The van der Waals surface area contributed by atoms with E-state index in [4.69, 9.17) is 0 Å². The van der Waals surface area contributed by atoms with Crippen LogP contribution in [-0.2, 0) is 38.9 Å². The summed E-state index contributed by atoms with van der Waals surface area (Å²) in [5.41, 5.74) is 0.447. The second-order valence-electron chi connectivity index (χ2n) is 8.87. The van der Waals surface area contributed by atoms with E-state index in [9.17, 15) is 26.3 Å². The third kappa shape index (κ3) is 6.40. The van der Waals surface area contributed by atoms with Crippen LogP contribution in [0.25, 0.3) is 27.7 Å². The molecule has 1 unspecified atom stereocenters. The molecule has 4 aromatic rings. The zero-order valence-corrected chi connectivity index (χ0v) is 23.0. The van der Waals surface area contributed by atoms with E-state index in [2.05, 4.69) is 39.6 Å². The van der Waals surface area contributed by atoms with Crippen molar-refractivity contribution in [3.63, 3.8) is 0 Å². The first-order valence-corrected chi connectivity index (χ1v) is 12.0. The Bertz CT molecular complexity index is 1490. The molecule has 206 valence electrons. The monoisotopic (exact) mass is 729 g/mol. The predicted octanol–water partition coefficient (Wildman–Crippen LogP) is 8.45. The summed E-state index contributed by atoms with van der Waals surface area (Å²) in [4.78, 5) is 6.23. The fourth-order valence-electron chi connectivity index (χ4n) is 4.49. The Morgan fingerprint density at radius 3 is 2.38 bits per heavy atom. The van der Waals surface area contributed by atoms with Gasteiger partial charge in [0.15, 0.2) is 0 Å². The predicted molar refractivity (Wildman–Crippen MR) is 135 cm³/mol. The molecule has 6 rings (SSSR count). The van der Waals surface area contributed by atoms with Crippen LogP contribution in [0.4, 0.5) is 26.3 Å². The molecule has 0 radical (unpaired) electrons. The summed E-state index contributed by atoms with van der Waals surface area (Å²) in [7, 11) is 0. The summed E-state index contributed by atoms with van der Waals surface area (Å²) < 4.78 is 77.8. The second-order valence-corrected chi connectivity index (χ2v) is 8.87.